The number of amides is 1. The van der Waals surface area contributed by atoms with Gasteiger partial charge < -0.3 is 10.1 Å². The van der Waals surface area contributed by atoms with Gasteiger partial charge in [-0.2, -0.15) is 9.78 Å². The standard InChI is InChI=1S/C27H23BrFN5O5/c1-3-16(2)26-32-21-10-9-18(28)13-19(21)27(36)33(26)30-14-17-8-11-24(23(12-17)34(37)38)39-15-25(35)31-22-7-5-4-6-20(22)29/h4-14,16H,3,15H2,1-2H3,(H,31,35)/t16-/m0/s1. The summed E-state index contributed by atoms with van der Waals surface area (Å²) in [4.78, 5) is 41.1. The zero-order valence-corrected chi connectivity index (χ0v) is 22.5. The maximum Gasteiger partial charge on any atom is 0.311 e. The van der Waals surface area contributed by atoms with Gasteiger partial charge in [-0.1, -0.05) is 41.9 Å². The molecule has 1 N–H and O–H groups in total. The maximum atomic E-state index is 13.7. The van der Waals surface area contributed by atoms with Crippen LogP contribution < -0.4 is 15.6 Å². The number of carbonyl (C=O) groups is 1. The predicted octanol–water partition coefficient (Wildman–Crippen LogP) is 5.62. The smallest absolute Gasteiger partial charge is 0.311 e. The summed E-state index contributed by atoms with van der Waals surface area (Å²) in [5.74, 6) is -1.08. The Morgan fingerprint density at radius 3 is 2.74 bits per heavy atom. The Morgan fingerprint density at radius 2 is 2.03 bits per heavy atom. The van der Waals surface area contributed by atoms with E-state index in [1.807, 2.05) is 13.8 Å². The van der Waals surface area contributed by atoms with Crippen LogP contribution in [0.2, 0.25) is 0 Å². The van der Waals surface area contributed by atoms with Crippen molar-refractivity contribution in [2.24, 2.45) is 5.10 Å². The number of aromatic nitrogens is 2. The van der Waals surface area contributed by atoms with Crippen molar-refractivity contribution in [1.29, 1.82) is 0 Å². The quantitative estimate of drug-likeness (QED) is 0.152. The Balaban J connectivity index is 1.60. The van der Waals surface area contributed by atoms with Gasteiger partial charge in [0, 0.05) is 22.0 Å². The van der Waals surface area contributed by atoms with Gasteiger partial charge in [0.15, 0.2) is 12.4 Å². The van der Waals surface area contributed by atoms with Gasteiger partial charge in [0.05, 0.1) is 27.7 Å². The van der Waals surface area contributed by atoms with Crippen molar-refractivity contribution in [1.82, 2.24) is 9.66 Å². The molecular weight excluding hydrogens is 573 g/mol. The molecule has 0 aliphatic heterocycles. The van der Waals surface area contributed by atoms with Crippen LogP contribution in [0.3, 0.4) is 0 Å². The lowest BCUT2D eigenvalue weighted by atomic mass is 10.1. The van der Waals surface area contributed by atoms with E-state index in [1.165, 1.54) is 47.3 Å². The van der Waals surface area contributed by atoms with E-state index in [0.29, 0.717) is 28.7 Å². The first kappa shape index (κ1) is 27.6. The molecule has 0 saturated carbocycles. The average Bonchev–Trinajstić information content (AvgIpc) is 2.92. The second-order valence-electron chi connectivity index (χ2n) is 8.60. The van der Waals surface area contributed by atoms with Crippen molar-refractivity contribution in [2.75, 3.05) is 11.9 Å². The highest BCUT2D eigenvalue weighted by Gasteiger charge is 2.19. The van der Waals surface area contributed by atoms with Gasteiger partial charge in [0.2, 0.25) is 0 Å². The summed E-state index contributed by atoms with van der Waals surface area (Å²) in [6, 6.07) is 14.9. The molecule has 0 aliphatic rings. The molecule has 4 rings (SSSR count). The Labute approximate surface area is 230 Å². The fraction of sp³-hybridized carbons (Fsp3) is 0.185. The number of rotatable bonds is 9. The third kappa shape index (κ3) is 6.34. The summed E-state index contributed by atoms with van der Waals surface area (Å²) < 4.78 is 21.0. The molecule has 0 saturated heterocycles. The molecule has 0 unspecified atom stereocenters. The lowest BCUT2D eigenvalue weighted by Gasteiger charge is -2.14. The average molecular weight is 596 g/mol. The summed E-state index contributed by atoms with van der Waals surface area (Å²) in [7, 11) is 0. The number of fused-ring (bicyclic) bond motifs is 1. The fourth-order valence-electron chi connectivity index (χ4n) is 3.68. The van der Waals surface area contributed by atoms with Gasteiger partial charge in [-0.25, -0.2) is 9.37 Å². The molecular formula is C27H23BrFN5O5. The summed E-state index contributed by atoms with van der Waals surface area (Å²) in [6.07, 6.45) is 2.03. The van der Waals surface area contributed by atoms with Gasteiger partial charge in [-0.05, 0) is 48.9 Å². The summed E-state index contributed by atoms with van der Waals surface area (Å²) in [5, 5.41) is 18.7. The van der Waals surface area contributed by atoms with Gasteiger partial charge in [0.25, 0.3) is 11.5 Å². The highest BCUT2D eigenvalue weighted by Crippen LogP contribution is 2.28. The minimum Gasteiger partial charge on any atom is -0.477 e. The van der Waals surface area contributed by atoms with Gasteiger partial charge >= 0.3 is 5.69 Å². The zero-order valence-electron chi connectivity index (χ0n) is 20.9. The number of hydrogen-bond donors (Lipinski definition) is 1. The first-order valence-electron chi connectivity index (χ1n) is 11.9. The molecule has 12 heteroatoms. The van der Waals surface area contributed by atoms with Crippen LogP contribution >= 0.6 is 15.9 Å². The van der Waals surface area contributed by atoms with Crippen LogP contribution in [0.4, 0.5) is 15.8 Å². The number of nitro groups is 1. The van der Waals surface area contributed by atoms with Crippen molar-refractivity contribution in [3.8, 4) is 5.75 Å². The number of carbonyl (C=O) groups excluding carboxylic acids is 1. The largest absolute Gasteiger partial charge is 0.477 e. The number of nitro benzene ring substituents is 1. The molecule has 1 heterocycles. The van der Waals surface area contributed by atoms with Crippen molar-refractivity contribution in [2.45, 2.75) is 26.2 Å². The van der Waals surface area contributed by atoms with E-state index in [2.05, 4.69) is 31.3 Å². The molecule has 0 aliphatic carbocycles. The molecule has 0 radical (unpaired) electrons. The molecule has 4 aromatic rings. The second-order valence-corrected chi connectivity index (χ2v) is 9.52. The van der Waals surface area contributed by atoms with E-state index in [9.17, 15) is 24.1 Å². The maximum absolute atomic E-state index is 13.7. The first-order chi connectivity index (χ1) is 18.7. The first-order valence-corrected chi connectivity index (χ1v) is 12.7. The van der Waals surface area contributed by atoms with Crippen LogP contribution in [0.1, 0.15) is 37.6 Å². The normalized spacial score (nSPS) is 12.0. The van der Waals surface area contributed by atoms with E-state index in [-0.39, 0.29) is 22.9 Å². The van der Waals surface area contributed by atoms with Crippen molar-refractivity contribution in [3.05, 3.63) is 103 Å². The molecule has 39 heavy (non-hydrogen) atoms. The van der Waals surface area contributed by atoms with E-state index in [0.717, 1.165) is 4.47 Å². The van der Waals surface area contributed by atoms with Crippen molar-refractivity contribution in [3.63, 3.8) is 0 Å². The molecule has 0 spiro atoms. The second kappa shape index (κ2) is 11.9. The van der Waals surface area contributed by atoms with Crippen LogP contribution in [-0.4, -0.2) is 33.3 Å². The Kier molecular flexibility index (Phi) is 8.45. The molecule has 0 bridgehead atoms. The zero-order chi connectivity index (χ0) is 28.1. The van der Waals surface area contributed by atoms with Gasteiger partial charge in [-0.3, -0.25) is 19.7 Å². The van der Waals surface area contributed by atoms with Crippen LogP contribution in [0, 0.1) is 15.9 Å². The van der Waals surface area contributed by atoms with E-state index in [1.54, 1.807) is 24.3 Å². The molecule has 1 amide bonds. The molecule has 0 fully saturated rings. The number of para-hydroxylation sites is 1. The molecule has 200 valence electrons. The lowest BCUT2D eigenvalue weighted by molar-refractivity contribution is -0.385. The van der Waals surface area contributed by atoms with Crippen LogP contribution in [-0.2, 0) is 4.79 Å². The number of hydrogen-bond acceptors (Lipinski definition) is 7. The third-order valence-electron chi connectivity index (χ3n) is 5.90. The van der Waals surface area contributed by atoms with E-state index >= 15 is 0 Å². The monoisotopic (exact) mass is 595 g/mol. The predicted molar refractivity (Wildman–Crippen MR) is 149 cm³/mol. The molecule has 10 nitrogen and oxygen atoms in total. The number of nitrogens with zero attached hydrogens (tertiary/aromatic N) is 4. The number of anilines is 1. The van der Waals surface area contributed by atoms with Gasteiger partial charge in [0.1, 0.15) is 11.6 Å². The van der Waals surface area contributed by atoms with E-state index in [4.69, 9.17) is 4.74 Å². The summed E-state index contributed by atoms with van der Waals surface area (Å²) >= 11 is 3.37. The highest BCUT2D eigenvalue weighted by molar-refractivity contribution is 9.10. The Morgan fingerprint density at radius 1 is 1.26 bits per heavy atom. The third-order valence-corrected chi connectivity index (χ3v) is 6.39. The number of halogens is 2. The molecule has 1 atom stereocenters. The lowest BCUT2D eigenvalue weighted by Crippen LogP contribution is -2.23. The summed E-state index contributed by atoms with van der Waals surface area (Å²) in [5.41, 5.74) is 0.0490. The molecule has 3 aromatic carbocycles. The summed E-state index contributed by atoms with van der Waals surface area (Å²) in [6.45, 7) is 3.32. The SMILES string of the molecule is CC[C@H](C)c1nc2ccc(Br)cc2c(=O)n1N=Cc1ccc(OCC(=O)Nc2ccccc2F)c([N+](=O)[O-])c1. The highest BCUT2D eigenvalue weighted by atomic mass is 79.9. The number of benzene rings is 3. The topological polar surface area (TPSA) is 129 Å². The van der Waals surface area contributed by atoms with Crippen molar-refractivity contribution >= 4 is 50.3 Å². The van der Waals surface area contributed by atoms with Crippen LogP contribution in [0.15, 0.2) is 75.0 Å². The van der Waals surface area contributed by atoms with Crippen molar-refractivity contribution < 1.29 is 18.8 Å². The Bertz CT molecular complexity index is 1660. The van der Waals surface area contributed by atoms with Gasteiger partial charge in [-0.15, -0.1) is 0 Å². The minimum atomic E-state index is -0.688. The van der Waals surface area contributed by atoms with E-state index < -0.39 is 28.9 Å². The fourth-order valence-corrected chi connectivity index (χ4v) is 4.04. The number of ether oxygens (including phenoxy) is 1. The Hall–Kier alpha value is -4.45. The van der Waals surface area contributed by atoms with Crippen LogP contribution in [0.25, 0.3) is 10.9 Å². The molecule has 1 aromatic heterocycles. The van der Waals surface area contributed by atoms with Crippen LogP contribution in [0.5, 0.6) is 5.75 Å². The minimum absolute atomic E-state index is 0.0327. The number of nitrogens with one attached hydrogen (secondary N) is 1.